The Balaban J connectivity index is 1.45. The second-order valence-corrected chi connectivity index (χ2v) is 8.84. The van der Waals surface area contributed by atoms with E-state index in [1.165, 1.54) is 16.3 Å². The third kappa shape index (κ3) is 3.41. The highest BCUT2D eigenvalue weighted by Gasteiger charge is 2.18. The Morgan fingerprint density at radius 2 is 1.94 bits per heavy atom. The van der Waals surface area contributed by atoms with Gasteiger partial charge in [-0.1, -0.05) is 47.6 Å². The van der Waals surface area contributed by atoms with Crippen LogP contribution in [0.15, 0.2) is 64.8 Å². The van der Waals surface area contributed by atoms with Crippen LogP contribution in [-0.2, 0) is 0 Å². The van der Waals surface area contributed by atoms with Gasteiger partial charge in [-0.2, -0.15) is 0 Å². The molecule has 0 bridgehead atoms. The predicted octanol–water partition coefficient (Wildman–Crippen LogP) is 4.61. The van der Waals surface area contributed by atoms with E-state index in [2.05, 4.69) is 15.2 Å². The number of ketones is 1. The van der Waals surface area contributed by atoms with Gasteiger partial charge in [-0.25, -0.2) is 0 Å². The molecule has 0 saturated heterocycles. The van der Waals surface area contributed by atoms with E-state index in [1.54, 1.807) is 28.9 Å². The van der Waals surface area contributed by atoms with Gasteiger partial charge in [0.05, 0.1) is 11.4 Å². The minimum Gasteiger partial charge on any atom is -0.358 e. The van der Waals surface area contributed by atoms with Crippen LogP contribution in [0.2, 0.25) is 5.02 Å². The van der Waals surface area contributed by atoms with Crippen LogP contribution in [0.4, 0.5) is 0 Å². The summed E-state index contributed by atoms with van der Waals surface area (Å²) in [6, 6.07) is 13.1. The van der Waals surface area contributed by atoms with E-state index in [9.17, 15) is 9.59 Å². The molecular weight excluding hydrogens is 446 g/mol. The Labute approximate surface area is 192 Å². The smallest absolute Gasteiger partial charge is 0.300 e. The van der Waals surface area contributed by atoms with Gasteiger partial charge >= 0.3 is 5.56 Å². The van der Waals surface area contributed by atoms with E-state index in [4.69, 9.17) is 11.6 Å². The van der Waals surface area contributed by atoms with Crippen molar-refractivity contribution < 1.29 is 4.79 Å². The number of para-hydroxylation sites is 1. The minimum atomic E-state index is -0.309. The van der Waals surface area contributed by atoms with Crippen molar-refractivity contribution in [3.05, 3.63) is 87.1 Å². The lowest BCUT2D eigenvalue weighted by Crippen LogP contribution is -2.21. The maximum Gasteiger partial charge on any atom is 0.300 e. The molecule has 0 unspecified atom stereocenters. The number of thioether (sulfide) groups is 1. The first-order valence-corrected chi connectivity index (χ1v) is 11.3. The normalized spacial score (nSPS) is 11.5. The summed E-state index contributed by atoms with van der Waals surface area (Å²) in [5.74, 6) is 0.171. The number of benzene rings is 2. The number of rotatable bonds is 5. The third-order valence-electron chi connectivity index (χ3n) is 5.37. The molecule has 5 rings (SSSR count). The van der Waals surface area contributed by atoms with E-state index < -0.39 is 0 Å². The molecule has 0 aliphatic rings. The number of hydrogen-bond donors (Lipinski definition) is 1. The zero-order chi connectivity index (χ0) is 22.4. The van der Waals surface area contributed by atoms with Gasteiger partial charge in [0.25, 0.3) is 0 Å². The van der Waals surface area contributed by atoms with Crippen LogP contribution in [-0.4, -0.2) is 35.7 Å². The summed E-state index contributed by atoms with van der Waals surface area (Å²) < 4.78 is 3.11. The number of Topliss-reactive ketones (excluding diaryl/α,β-unsaturated/α-hetero) is 1. The number of halogens is 1. The van der Waals surface area contributed by atoms with Crippen LogP contribution >= 0.6 is 23.4 Å². The number of carbonyl (C=O) groups is 1. The zero-order valence-electron chi connectivity index (χ0n) is 17.3. The highest BCUT2D eigenvalue weighted by Crippen LogP contribution is 2.25. The summed E-state index contributed by atoms with van der Waals surface area (Å²) in [5.41, 5.74) is 3.93. The summed E-state index contributed by atoms with van der Waals surface area (Å²) >= 11 is 7.37. The highest BCUT2D eigenvalue weighted by atomic mass is 35.5. The lowest BCUT2D eigenvalue weighted by molar-refractivity contribution is 0.102. The first-order chi connectivity index (χ1) is 15.4. The largest absolute Gasteiger partial charge is 0.358 e. The second kappa shape index (κ2) is 7.96. The fraction of sp³-hybridized carbons (Fsp3) is 0.130. The zero-order valence-corrected chi connectivity index (χ0v) is 18.9. The number of aromatic nitrogens is 5. The van der Waals surface area contributed by atoms with Gasteiger partial charge in [-0.05, 0) is 37.6 Å². The van der Waals surface area contributed by atoms with Crippen molar-refractivity contribution in [3.8, 4) is 5.69 Å². The molecule has 160 valence electrons. The number of nitrogens with zero attached hydrogens (tertiary/aromatic N) is 4. The SMILES string of the molecule is Cc1ccc(Cl)cc1-n1ccn2c(SCC(=O)c3c(C)[nH]c4ccccc34)nnc2c1=O. The van der Waals surface area contributed by atoms with Crippen LogP contribution in [0.1, 0.15) is 21.6 Å². The van der Waals surface area contributed by atoms with Crippen molar-refractivity contribution in [2.45, 2.75) is 19.0 Å². The number of H-pyrrole nitrogens is 1. The molecule has 5 aromatic rings. The van der Waals surface area contributed by atoms with E-state index in [1.807, 2.05) is 44.2 Å². The average Bonchev–Trinajstić information content (AvgIpc) is 3.34. The Hall–Kier alpha value is -3.36. The molecule has 3 aromatic heterocycles. The Morgan fingerprint density at radius 1 is 1.12 bits per heavy atom. The van der Waals surface area contributed by atoms with E-state index in [0.717, 1.165) is 22.2 Å². The molecule has 2 aromatic carbocycles. The van der Waals surface area contributed by atoms with Gasteiger partial charge in [0.15, 0.2) is 10.9 Å². The van der Waals surface area contributed by atoms with Crippen molar-refractivity contribution in [2.75, 3.05) is 5.75 Å². The number of fused-ring (bicyclic) bond motifs is 2. The van der Waals surface area contributed by atoms with Crippen LogP contribution in [0.5, 0.6) is 0 Å². The fourth-order valence-corrected chi connectivity index (χ4v) is 4.79. The maximum absolute atomic E-state index is 13.0. The summed E-state index contributed by atoms with van der Waals surface area (Å²) in [6.45, 7) is 3.80. The van der Waals surface area contributed by atoms with Gasteiger partial charge in [-0.3, -0.25) is 18.6 Å². The minimum absolute atomic E-state index is 0.00963. The van der Waals surface area contributed by atoms with Crippen molar-refractivity contribution in [3.63, 3.8) is 0 Å². The second-order valence-electron chi connectivity index (χ2n) is 7.46. The summed E-state index contributed by atoms with van der Waals surface area (Å²) in [4.78, 5) is 29.3. The lowest BCUT2D eigenvalue weighted by atomic mass is 10.1. The molecule has 3 heterocycles. The van der Waals surface area contributed by atoms with E-state index in [0.29, 0.717) is 21.4 Å². The van der Waals surface area contributed by atoms with Crippen molar-refractivity contribution >= 4 is 45.7 Å². The topological polar surface area (TPSA) is 85.1 Å². The highest BCUT2D eigenvalue weighted by molar-refractivity contribution is 7.99. The Morgan fingerprint density at radius 3 is 2.78 bits per heavy atom. The molecular formula is C23H18ClN5O2S. The lowest BCUT2D eigenvalue weighted by Gasteiger charge is -2.10. The van der Waals surface area contributed by atoms with Crippen molar-refractivity contribution in [1.29, 1.82) is 0 Å². The fourth-order valence-electron chi connectivity index (χ4n) is 3.83. The Bertz CT molecular complexity index is 1570. The van der Waals surface area contributed by atoms with Gasteiger partial charge < -0.3 is 4.98 Å². The predicted molar refractivity (Wildman–Crippen MR) is 126 cm³/mol. The van der Waals surface area contributed by atoms with Gasteiger partial charge in [0.2, 0.25) is 5.65 Å². The molecule has 0 amide bonds. The van der Waals surface area contributed by atoms with Gasteiger partial charge in [0.1, 0.15) is 0 Å². The maximum atomic E-state index is 13.0. The first-order valence-electron chi connectivity index (χ1n) is 9.90. The molecule has 0 radical (unpaired) electrons. The molecule has 0 spiro atoms. The molecule has 32 heavy (non-hydrogen) atoms. The molecule has 0 atom stereocenters. The Kier molecular flexibility index (Phi) is 5.11. The average molecular weight is 464 g/mol. The van der Waals surface area contributed by atoms with Crippen LogP contribution in [0.25, 0.3) is 22.2 Å². The molecule has 0 aliphatic heterocycles. The van der Waals surface area contributed by atoms with Crippen molar-refractivity contribution in [1.82, 2.24) is 24.1 Å². The molecule has 0 aliphatic carbocycles. The summed E-state index contributed by atoms with van der Waals surface area (Å²) in [5, 5.41) is 10.1. The monoisotopic (exact) mass is 463 g/mol. The summed E-state index contributed by atoms with van der Waals surface area (Å²) in [6.07, 6.45) is 3.38. The molecule has 0 saturated carbocycles. The van der Waals surface area contributed by atoms with Gasteiger partial charge in [-0.15, -0.1) is 10.2 Å². The molecule has 7 nitrogen and oxygen atoms in total. The number of aryl methyl sites for hydroxylation is 2. The van der Waals surface area contributed by atoms with Gasteiger partial charge in [0, 0.05) is 39.6 Å². The summed E-state index contributed by atoms with van der Waals surface area (Å²) in [7, 11) is 0. The van der Waals surface area contributed by atoms with Crippen LogP contribution in [0.3, 0.4) is 0 Å². The van der Waals surface area contributed by atoms with Crippen LogP contribution < -0.4 is 5.56 Å². The molecule has 9 heteroatoms. The number of aromatic amines is 1. The van der Waals surface area contributed by atoms with Crippen LogP contribution in [0, 0.1) is 13.8 Å². The number of hydrogen-bond acceptors (Lipinski definition) is 5. The standard InChI is InChI=1S/C23H18ClN5O2S/c1-13-7-8-15(24)11-18(13)28-9-10-29-21(22(28)31)26-27-23(29)32-12-19(30)20-14(2)25-17-6-4-3-5-16(17)20/h3-11,25H,12H2,1-2H3. The first kappa shape index (κ1) is 20.5. The van der Waals surface area contributed by atoms with E-state index >= 15 is 0 Å². The molecule has 1 N–H and O–H groups in total. The quantitative estimate of drug-likeness (QED) is 0.304. The molecule has 0 fully saturated rings. The van der Waals surface area contributed by atoms with E-state index in [-0.39, 0.29) is 22.7 Å². The number of nitrogens with one attached hydrogen (secondary N) is 1. The number of carbonyl (C=O) groups excluding carboxylic acids is 1. The third-order valence-corrected chi connectivity index (χ3v) is 6.55. The van der Waals surface area contributed by atoms with Crippen molar-refractivity contribution in [2.24, 2.45) is 0 Å².